The van der Waals surface area contributed by atoms with Gasteiger partial charge in [0.1, 0.15) is 19.3 Å². The smallest absolute Gasteiger partial charge is 0.306 e. The Bertz CT molecular complexity index is 1110. The number of hydrogen-bond donors (Lipinski definition) is 0. The van der Waals surface area contributed by atoms with E-state index >= 15 is 0 Å². The molecule has 0 aliphatic rings. The molecule has 0 saturated heterocycles. The Balaban J connectivity index is 4.29. The summed E-state index contributed by atoms with van der Waals surface area (Å²) in [5.41, 5.74) is 0. The maximum atomic E-state index is 12.7. The minimum absolute atomic E-state index is 0.0173. The molecule has 0 spiro atoms. The summed E-state index contributed by atoms with van der Waals surface area (Å²) in [6.07, 6.45) is 49.1. The maximum Gasteiger partial charge on any atom is 0.306 e. The van der Waals surface area contributed by atoms with E-state index in [0.29, 0.717) is 24.1 Å². The van der Waals surface area contributed by atoms with Crippen LogP contribution in [0.2, 0.25) is 0 Å². The molecule has 0 amide bonds. The lowest BCUT2D eigenvalue weighted by molar-refractivity contribution is -0.870. The van der Waals surface area contributed by atoms with Gasteiger partial charge in [0.05, 0.1) is 34.4 Å². The van der Waals surface area contributed by atoms with Crippen LogP contribution in [0.25, 0.3) is 0 Å². The second-order valence-corrected chi connectivity index (χ2v) is 16.7. The summed E-state index contributed by atoms with van der Waals surface area (Å²) in [7, 11) is 1.33. The van der Waals surface area contributed by atoms with Crippen LogP contribution >= 0.6 is 7.82 Å². The number of phosphoric acid groups is 1. The van der Waals surface area contributed by atoms with E-state index in [1.165, 1.54) is 38.5 Å². The first-order valence-corrected chi connectivity index (χ1v) is 23.1. The largest absolute Gasteiger partial charge is 0.756 e. The summed E-state index contributed by atoms with van der Waals surface area (Å²) in [4.78, 5) is 25.0. The molecule has 2 atom stereocenters. The molecule has 0 aliphatic heterocycles. The van der Waals surface area contributed by atoms with Crippen molar-refractivity contribution in [3.63, 3.8) is 0 Å². The summed E-state index contributed by atoms with van der Waals surface area (Å²) in [5.74, 6) is -0.353. The molecular weight excluding hydrogens is 709 g/mol. The van der Waals surface area contributed by atoms with Crippen LogP contribution in [0.15, 0.2) is 72.9 Å². The zero-order valence-electron chi connectivity index (χ0n) is 35.8. The molecule has 0 radical (unpaired) electrons. The Kier molecular flexibility index (Phi) is 37.3. The lowest BCUT2D eigenvalue weighted by Gasteiger charge is -2.28. The van der Waals surface area contributed by atoms with E-state index in [9.17, 15) is 14.3 Å². The first-order valence-electron chi connectivity index (χ1n) is 21.7. The number of likely N-dealkylation sites (N-methyl/N-ethyl adjacent to an activating group) is 1. The van der Waals surface area contributed by atoms with Crippen molar-refractivity contribution in [3.8, 4) is 0 Å². The highest BCUT2D eigenvalue weighted by Gasteiger charge is 2.20. The van der Waals surface area contributed by atoms with Crippen molar-refractivity contribution in [3.05, 3.63) is 72.9 Å². The third-order valence-corrected chi connectivity index (χ3v) is 9.72. The number of rotatable bonds is 39. The van der Waals surface area contributed by atoms with Crippen molar-refractivity contribution in [2.75, 3.05) is 54.1 Å². The zero-order valence-corrected chi connectivity index (χ0v) is 36.7. The van der Waals surface area contributed by atoms with E-state index < -0.39 is 13.9 Å². The molecule has 55 heavy (non-hydrogen) atoms. The van der Waals surface area contributed by atoms with E-state index in [-0.39, 0.29) is 25.8 Å². The van der Waals surface area contributed by atoms with Crippen molar-refractivity contribution in [1.29, 1.82) is 0 Å². The Morgan fingerprint density at radius 1 is 0.564 bits per heavy atom. The molecule has 0 aromatic rings. The molecule has 9 heteroatoms. The molecule has 0 heterocycles. The number of hydrogen-bond acceptors (Lipinski definition) is 7. The third-order valence-electron chi connectivity index (χ3n) is 8.75. The third kappa shape index (κ3) is 42.9. The van der Waals surface area contributed by atoms with Crippen LogP contribution in [0.1, 0.15) is 155 Å². The highest BCUT2D eigenvalue weighted by Crippen LogP contribution is 2.38. The first-order chi connectivity index (χ1) is 26.6. The molecule has 8 nitrogen and oxygen atoms in total. The van der Waals surface area contributed by atoms with Crippen LogP contribution in [0, 0.1) is 0 Å². The summed E-state index contributed by atoms with van der Waals surface area (Å²) in [6.45, 7) is 5.13. The lowest BCUT2D eigenvalue weighted by atomic mass is 10.1. The van der Waals surface area contributed by atoms with Crippen LogP contribution in [0.4, 0.5) is 0 Å². The lowest BCUT2D eigenvalue weighted by Crippen LogP contribution is -2.37. The average Bonchev–Trinajstić information content (AvgIpc) is 3.13. The standard InChI is InChI=1S/C46H82NO7P/c1-6-8-10-12-14-16-18-20-22-24-25-27-29-31-33-35-37-39-46(48)54-45(44-53-55(49,50)52-42-40-47(3,4)5)43-51-41-38-36-34-32-30-28-26-23-21-19-17-15-13-11-9-7-2/h8-11,14-17,20-23,45H,6-7,12-13,18-19,24-44H2,1-5H3/b10-8-,11-9-,16-14-,17-15-,22-20-,23-21-. The normalized spacial score (nSPS) is 14.5. The fraction of sp³-hybridized carbons (Fsp3) is 0.717. The number of carbonyl (C=O) groups is 1. The van der Waals surface area contributed by atoms with Gasteiger partial charge in [0, 0.05) is 13.0 Å². The fourth-order valence-electron chi connectivity index (χ4n) is 5.46. The van der Waals surface area contributed by atoms with Crippen LogP contribution in [-0.2, 0) is 27.9 Å². The highest BCUT2D eigenvalue weighted by atomic mass is 31.2. The minimum Gasteiger partial charge on any atom is -0.756 e. The number of nitrogens with zero attached hydrogens (tertiary/aromatic N) is 1. The molecule has 0 N–H and O–H groups in total. The topological polar surface area (TPSA) is 94.1 Å². The molecule has 0 aromatic carbocycles. The molecule has 0 bridgehead atoms. The van der Waals surface area contributed by atoms with Crippen LogP contribution in [0.3, 0.4) is 0 Å². The van der Waals surface area contributed by atoms with Gasteiger partial charge in [-0.2, -0.15) is 0 Å². The Morgan fingerprint density at radius 2 is 1.00 bits per heavy atom. The molecule has 0 rings (SSSR count). The van der Waals surface area contributed by atoms with Gasteiger partial charge in [0.25, 0.3) is 7.82 Å². The first kappa shape index (κ1) is 52.9. The van der Waals surface area contributed by atoms with Crippen LogP contribution in [0.5, 0.6) is 0 Å². The molecule has 318 valence electrons. The Hall–Kier alpha value is -2.06. The number of esters is 1. The van der Waals surface area contributed by atoms with Crippen LogP contribution in [-0.4, -0.2) is 70.7 Å². The Labute approximate surface area is 338 Å². The molecule has 0 aromatic heterocycles. The maximum absolute atomic E-state index is 12.7. The summed E-state index contributed by atoms with van der Waals surface area (Å²) < 4.78 is 34.6. The van der Waals surface area contributed by atoms with Gasteiger partial charge in [-0.15, -0.1) is 0 Å². The summed E-state index contributed by atoms with van der Waals surface area (Å²) >= 11 is 0. The van der Waals surface area contributed by atoms with Crippen molar-refractivity contribution < 1.29 is 37.3 Å². The van der Waals surface area contributed by atoms with Gasteiger partial charge in [-0.3, -0.25) is 9.36 Å². The summed E-state index contributed by atoms with van der Waals surface area (Å²) in [6, 6.07) is 0. The number of carbonyl (C=O) groups excluding carboxylic acids is 1. The van der Waals surface area contributed by atoms with E-state index in [2.05, 4.69) is 86.8 Å². The van der Waals surface area contributed by atoms with Crippen molar-refractivity contribution >= 4 is 13.8 Å². The van der Waals surface area contributed by atoms with Gasteiger partial charge in [-0.05, 0) is 77.0 Å². The van der Waals surface area contributed by atoms with Crippen molar-refractivity contribution in [2.24, 2.45) is 0 Å². The second-order valence-electron chi connectivity index (χ2n) is 15.3. The van der Waals surface area contributed by atoms with E-state index in [1.54, 1.807) is 0 Å². The van der Waals surface area contributed by atoms with Crippen molar-refractivity contribution in [2.45, 2.75) is 161 Å². The van der Waals surface area contributed by atoms with Gasteiger partial charge >= 0.3 is 5.97 Å². The number of unbranched alkanes of at least 4 members (excludes halogenated alkanes) is 13. The van der Waals surface area contributed by atoms with E-state index in [4.69, 9.17) is 18.5 Å². The number of allylic oxidation sites excluding steroid dienone is 12. The monoisotopic (exact) mass is 792 g/mol. The van der Waals surface area contributed by atoms with Crippen LogP contribution < -0.4 is 4.89 Å². The van der Waals surface area contributed by atoms with Gasteiger partial charge in [-0.1, -0.05) is 145 Å². The molecule has 0 fully saturated rings. The second kappa shape index (κ2) is 38.8. The molecule has 0 aliphatic carbocycles. The average molecular weight is 792 g/mol. The minimum atomic E-state index is -4.53. The summed E-state index contributed by atoms with van der Waals surface area (Å²) in [5, 5.41) is 0. The molecule has 0 saturated carbocycles. The fourth-order valence-corrected chi connectivity index (χ4v) is 6.18. The quantitative estimate of drug-likeness (QED) is 0.0201. The predicted octanol–water partition coefficient (Wildman–Crippen LogP) is 12.1. The van der Waals surface area contributed by atoms with Crippen molar-refractivity contribution in [1.82, 2.24) is 0 Å². The van der Waals surface area contributed by atoms with Gasteiger partial charge in [0.15, 0.2) is 0 Å². The van der Waals surface area contributed by atoms with E-state index in [0.717, 1.165) is 96.3 Å². The van der Waals surface area contributed by atoms with Gasteiger partial charge in [-0.25, -0.2) is 0 Å². The number of ether oxygens (including phenoxy) is 2. The molecular formula is C46H82NO7P. The highest BCUT2D eigenvalue weighted by molar-refractivity contribution is 7.45. The number of quaternary nitrogens is 1. The SMILES string of the molecule is CC/C=C\C/C=C\C/C=C\CCCCCCCCCC(=O)OC(COCCCCCCCC/C=C\C/C=C\C/C=C\CC)COP(=O)([O-])OCC[N+](C)(C)C. The zero-order chi connectivity index (χ0) is 40.6. The predicted molar refractivity (Wildman–Crippen MR) is 231 cm³/mol. The Morgan fingerprint density at radius 3 is 1.49 bits per heavy atom. The van der Waals surface area contributed by atoms with Gasteiger partial charge in [0.2, 0.25) is 0 Å². The number of phosphoric ester groups is 1. The molecule has 2 unspecified atom stereocenters. The van der Waals surface area contributed by atoms with Gasteiger partial charge < -0.3 is 27.9 Å². The van der Waals surface area contributed by atoms with E-state index in [1.807, 2.05) is 21.1 Å².